The fourth-order valence-corrected chi connectivity index (χ4v) is 2.93. The third-order valence-corrected chi connectivity index (χ3v) is 4.55. The van der Waals surface area contributed by atoms with Crippen LogP contribution in [0, 0.1) is 12.8 Å². The van der Waals surface area contributed by atoms with E-state index < -0.39 is 0 Å². The van der Waals surface area contributed by atoms with Gasteiger partial charge in [-0.3, -0.25) is 4.79 Å². The van der Waals surface area contributed by atoms with Crippen LogP contribution in [0.25, 0.3) is 0 Å². The molecule has 0 heterocycles. The Hall–Kier alpha value is -3.35. The van der Waals surface area contributed by atoms with Gasteiger partial charge in [-0.1, -0.05) is 54.5 Å². The highest BCUT2D eigenvalue weighted by Crippen LogP contribution is 2.21. The maximum atomic E-state index is 12.3. The van der Waals surface area contributed by atoms with Crippen LogP contribution >= 0.6 is 0 Å². The SMILES string of the molecule is CNC(=O)/C(=N/OC)c1cccc(C)c1CO/N=C(\C)c1ccccc1OCC(C)C. The van der Waals surface area contributed by atoms with Crippen LogP contribution in [0.5, 0.6) is 5.75 Å². The van der Waals surface area contributed by atoms with Crippen LogP contribution in [0.3, 0.4) is 0 Å². The summed E-state index contributed by atoms with van der Waals surface area (Å²) in [5, 5.41) is 10.8. The normalized spacial score (nSPS) is 12.0. The first kappa shape index (κ1) is 23.9. The molecule has 0 aromatic heterocycles. The largest absolute Gasteiger partial charge is 0.493 e. The van der Waals surface area contributed by atoms with Gasteiger partial charge >= 0.3 is 0 Å². The van der Waals surface area contributed by atoms with E-state index >= 15 is 0 Å². The highest BCUT2D eigenvalue weighted by molar-refractivity contribution is 6.45. The van der Waals surface area contributed by atoms with Gasteiger partial charge in [-0.2, -0.15) is 0 Å². The van der Waals surface area contributed by atoms with Gasteiger partial charge in [-0.25, -0.2) is 0 Å². The lowest BCUT2D eigenvalue weighted by molar-refractivity contribution is -0.114. The Balaban J connectivity index is 2.25. The fourth-order valence-electron chi connectivity index (χ4n) is 2.93. The smallest absolute Gasteiger partial charge is 0.273 e. The van der Waals surface area contributed by atoms with Crippen molar-refractivity contribution in [1.29, 1.82) is 0 Å². The molecule has 7 nitrogen and oxygen atoms in total. The number of oxime groups is 2. The highest BCUT2D eigenvalue weighted by Gasteiger charge is 2.19. The molecule has 0 saturated carbocycles. The lowest BCUT2D eigenvalue weighted by Gasteiger charge is -2.14. The monoisotopic (exact) mass is 425 g/mol. The number of carbonyl (C=O) groups excluding carboxylic acids is 1. The van der Waals surface area contributed by atoms with E-state index in [0.29, 0.717) is 23.8 Å². The first-order valence-corrected chi connectivity index (χ1v) is 10.2. The van der Waals surface area contributed by atoms with E-state index in [1.165, 1.54) is 7.11 Å². The predicted molar refractivity (Wildman–Crippen MR) is 123 cm³/mol. The Kier molecular flexibility index (Phi) is 9.06. The van der Waals surface area contributed by atoms with Gasteiger partial charge in [0.25, 0.3) is 5.91 Å². The van der Waals surface area contributed by atoms with Gasteiger partial charge in [-0.05, 0) is 37.5 Å². The number of rotatable bonds is 10. The number of amides is 1. The Bertz CT molecular complexity index is 952. The predicted octanol–water partition coefficient (Wildman–Crippen LogP) is 4.07. The second-order valence-corrected chi connectivity index (χ2v) is 7.45. The topological polar surface area (TPSA) is 81.5 Å². The Morgan fingerprint density at radius 2 is 1.77 bits per heavy atom. The molecule has 2 aromatic rings. The molecule has 2 aromatic carbocycles. The third-order valence-electron chi connectivity index (χ3n) is 4.55. The molecule has 0 aliphatic rings. The van der Waals surface area contributed by atoms with Gasteiger partial charge in [-0.15, -0.1) is 0 Å². The van der Waals surface area contributed by atoms with Crippen LogP contribution in [0.2, 0.25) is 0 Å². The van der Waals surface area contributed by atoms with Gasteiger partial charge in [0.1, 0.15) is 19.5 Å². The molecule has 0 fully saturated rings. The Morgan fingerprint density at radius 3 is 2.45 bits per heavy atom. The molecule has 0 saturated heterocycles. The average molecular weight is 426 g/mol. The molecule has 1 N–H and O–H groups in total. The van der Waals surface area contributed by atoms with Crippen molar-refractivity contribution >= 4 is 17.3 Å². The molecule has 0 aliphatic heterocycles. The van der Waals surface area contributed by atoms with E-state index in [1.807, 2.05) is 56.3 Å². The van der Waals surface area contributed by atoms with Crippen LogP contribution in [0.4, 0.5) is 0 Å². The van der Waals surface area contributed by atoms with Crippen LogP contribution in [0.15, 0.2) is 52.8 Å². The molecule has 0 aliphatic carbocycles. The van der Waals surface area contributed by atoms with Crippen molar-refractivity contribution in [2.45, 2.75) is 34.3 Å². The molecule has 0 radical (unpaired) electrons. The number of benzene rings is 2. The van der Waals surface area contributed by atoms with Gasteiger partial charge in [0.2, 0.25) is 0 Å². The summed E-state index contributed by atoms with van der Waals surface area (Å²) in [5.41, 5.74) is 4.16. The lowest BCUT2D eigenvalue weighted by Crippen LogP contribution is -2.29. The third kappa shape index (κ3) is 6.57. The van der Waals surface area contributed by atoms with Gasteiger partial charge < -0.3 is 19.7 Å². The van der Waals surface area contributed by atoms with Gasteiger partial charge in [0, 0.05) is 23.7 Å². The van der Waals surface area contributed by atoms with Crippen molar-refractivity contribution in [2.75, 3.05) is 20.8 Å². The molecule has 31 heavy (non-hydrogen) atoms. The zero-order valence-corrected chi connectivity index (χ0v) is 19.1. The molecule has 0 bridgehead atoms. The second-order valence-electron chi connectivity index (χ2n) is 7.45. The van der Waals surface area contributed by atoms with Crippen LogP contribution in [-0.2, 0) is 21.1 Å². The maximum Gasteiger partial charge on any atom is 0.273 e. The van der Waals surface area contributed by atoms with Crippen molar-refractivity contribution in [1.82, 2.24) is 5.32 Å². The Morgan fingerprint density at radius 1 is 1.06 bits per heavy atom. The molecule has 166 valence electrons. The Labute approximate surface area is 184 Å². The van der Waals surface area contributed by atoms with Crippen LogP contribution in [0.1, 0.15) is 43.0 Å². The first-order valence-electron chi connectivity index (χ1n) is 10.2. The van der Waals surface area contributed by atoms with Crippen molar-refractivity contribution < 1.29 is 19.2 Å². The number of ether oxygens (including phenoxy) is 1. The number of hydrogen-bond acceptors (Lipinski definition) is 6. The summed E-state index contributed by atoms with van der Waals surface area (Å²) in [5.74, 6) is 0.848. The fraction of sp³-hybridized carbons (Fsp3) is 0.375. The molecule has 2 rings (SSSR count). The average Bonchev–Trinajstić information content (AvgIpc) is 2.76. The van der Waals surface area contributed by atoms with E-state index in [9.17, 15) is 4.79 Å². The van der Waals surface area contributed by atoms with Crippen LogP contribution < -0.4 is 10.1 Å². The van der Waals surface area contributed by atoms with E-state index in [-0.39, 0.29) is 18.2 Å². The summed E-state index contributed by atoms with van der Waals surface area (Å²) in [6.45, 7) is 8.83. The van der Waals surface area contributed by atoms with Crippen molar-refractivity contribution in [3.8, 4) is 5.75 Å². The number of aryl methyl sites for hydroxylation is 1. The molecule has 0 spiro atoms. The summed E-state index contributed by atoms with van der Waals surface area (Å²) in [6.07, 6.45) is 0. The number of nitrogens with zero attached hydrogens (tertiary/aromatic N) is 2. The number of para-hydroxylation sites is 1. The number of likely N-dealkylation sites (N-methyl/N-ethyl adjacent to an activating group) is 1. The summed E-state index contributed by atoms with van der Waals surface area (Å²) < 4.78 is 5.91. The molecule has 0 atom stereocenters. The van der Waals surface area contributed by atoms with Gasteiger partial charge in [0.15, 0.2) is 5.71 Å². The molecular formula is C24H31N3O4. The molecule has 7 heteroatoms. The standard InChI is InChI=1S/C24H31N3O4/c1-16(2)14-30-22-13-8-7-11-19(22)18(4)26-31-15-21-17(3)10-9-12-20(21)23(27-29-6)24(28)25-5/h7-13,16H,14-15H2,1-6H3,(H,25,28)/b26-18+,27-23+. The lowest BCUT2D eigenvalue weighted by atomic mass is 9.98. The number of hydrogen-bond donors (Lipinski definition) is 1. The molecule has 1 amide bonds. The maximum absolute atomic E-state index is 12.3. The number of carbonyl (C=O) groups is 1. The van der Waals surface area contributed by atoms with E-state index in [0.717, 1.165) is 22.4 Å². The van der Waals surface area contributed by atoms with E-state index in [4.69, 9.17) is 14.4 Å². The minimum atomic E-state index is -0.343. The zero-order chi connectivity index (χ0) is 22.8. The summed E-state index contributed by atoms with van der Waals surface area (Å²) >= 11 is 0. The summed E-state index contributed by atoms with van der Waals surface area (Å²) in [4.78, 5) is 22.8. The van der Waals surface area contributed by atoms with Gasteiger partial charge in [0.05, 0.1) is 12.3 Å². The minimum Gasteiger partial charge on any atom is -0.493 e. The molecule has 0 unspecified atom stereocenters. The van der Waals surface area contributed by atoms with Crippen molar-refractivity contribution in [3.05, 3.63) is 64.7 Å². The van der Waals surface area contributed by atoms with Crippen molar-refractivity contribution in [3.63, 3.8) is 0 Å². The van der Waals surface area contributed by atoms with Crippen LogP contribution in [-0.4, -0.2) is 38.1 Å². The number of nitrogens with one attached hydrogen (secondary N) is 1. The minimum absolute atomic E-state index is 0.175. The summed E-state index contributed by atoms with van der Waals surface area (Å²) in [6, 6.07) is 13.4. The zero-order valence-electron chi connectivity index (χ0n) is 19.1. The summed E-state index contributed by atoms with van der Waals surface area (Å²) in [7, 11) is 2.95. The van der Waals surface area contributed by atoms with E-state index in [2.05, 4.69) is 29.5 Å². The second kappa shape index (κ2) is 11.7. The first-order chi connectivity index (χ1) is 14.9. The van der Waals surface area contributed by atoms with Crippen molar-refractivity contribution in [2.24, 2.45) is 16.2 Å². The highest BCUT2D eigenvalue weighted by atomic mass is 16.6. The molecular weight excluding hydrogens is 394 g/mol. The quantitative estimate of drug-likeness (QED) is 0.460. The van der Waals surface area contributed by atoms with E-state index in [1.54, 1.807) is 7.05 Å².